The summed E-state index contributed by atoms with van der Waals surface area (Å²) in [6.07, 6.45) is -0.652. The van der Waals surface area contributed by atoms with E-state index < -0.39 is 27.9 Å². The number of ether oxygens (including phenoxy) is 3. The van der Waals surface area contributed by atoms with Gasteiger partial charge in [-0.25, -0.2) is 22.4 Å². The van der Waals surface area contributed by atoms with Gasteiger partial charge in [-0.15, -0.1) is 0 Å². The van der Waals surface area contributed by atoms with Crippen molar-refractivity contribution in [2.75, 3.05) is 30.8 Å². The summed E-state index contributed by atoms with van der Waals surface area (Å²) in [4.78, 5) is 24.1. The number of halogens is 1. The maximum atomic E-state index is 13.5. The van der Waals surface area contributed by atoms with E-state index in [0.29, 0.717) is 5.56 Å². The van der Waals surface area contributed by atoms with Gasteiger partial charge >= 0.3 is 12.1 Å². The van der Waals surface area contributed by atoms with Crippen LogP contribution in [0.1, 0.15) is 24.2 Å². The van der Waals surface area contributed by atoms with E-state index >= 15 is 0 Å². The van der Waals surface area contributed by atoms with Crippen LogP contribution in [0, 0.1) is 5.82 Å². The first-order chi connectivity index (χ1) is 16.4. The first kappa shape index (κ1) is 26.0. The van der Waals surface area contributed by atoms with E-state index in [1.807, 2.05) is 0 Å². The van der Waals surface area contributed by atoms with Gasteiger partial charge in [0.15, 0.2) is 0 Å². The molecular weight excluding hydrogens is 483 g/mol. The maximum absolute atomic E-state index is 13.5. The fourth-order valence-electron chi connectivity index (χ4n) is 3.44. The molecular formula is C23H25FN2O8S. The lowest BCUT2D eigenvalue weighted by Crippen LogP contribution is -2.33. The number of carbonyl (C=O) groups is 2. The summed E-state index contributed by atoms with van der Waals surface area (Å²) >= 11 is 0. The third kappa shape index (κ3) is 5.89. The fourth-order valence-corrected chi connectivity index (χ4v) is 4.35. The molecule has 0 aliphatic rings. The Bertz CT molecular complexity index is 1350. The summed E-state index contributed by atoms with van der Waals surface area (Å²) in [5.74, 6) is -1.50. The summed E-state index contributed by atoms with van der Waals surface area (Å²) < 4.78 is 61.2. The van der Waals surface area contributed by atoms with Gasteiger partial charge in [-0.05, 0) is 44.2 Å². The largest absolute Gasteiger partial charge is 0.489 e. The molecule has 0 unspecified atom stereocenters. The molecule has 0 saturated heterocycles. The Labute approximate surface area is 201 Å². The molecule has 0 fully saturated rings. The summed E-state index contributed by atoms with van der Waals surface area (Å²) in [5.41, 5.74) is 5.43. The molecule has 1 amide bonds. The molecule has 0 spiro atoms. The molecule has 2 N–H and O–H groups in total. The molecule has 1 aromatic heterocycles. The standard InChI is InChI=1S/C23H25FN2O8S/c1-13(2)32-19-11-16-18(12-17(19)26(9-10-31-3)35(4,29)30)33-21(14-5-7-15(24)8-6-14)20(16)22(27)34-23(25)28/h5-8,11-13H,9-10H2,1-4H3,(H2,25,28). The third-order valence-corrected chi connectivity index (χ3v) is 5.98. The normalized spacial score (nSPS) is 11.6. The average molecular weight is 509 g/mol. The third-order valence-electron chi connectivity index (χ3n) is 4.80. The highest BCUT2D eigenvalue weighted by atomic mass is 32.2. The van der Waals surface area contributed by atoms with Gasteiger partial charge in [-0.1, -0.05) is 0 Å². The SMILES string of the molecule is COCCN(c1cc2oc(-c3ccc(F)cc3)c(C(=O)OC(N)=O)c2cc1OC(C)C)S(C)(=O)=O. The van der Waals surface area contributed by atoms with Crippen LogP contribution < -0.4 is 14.8 Å². The van der Waals surface area contributed by atoms with Gasteiger partial charge in [0.1, 0.15) is 28.5 Å². The van der Waals surface area contributed by atoms with Crippen molar-refractivity contribution in [3.8, 4) is 17.1 Å². The van der Waals surface area contributed by atoms with Crippen LogP contribution in [0.15, 0.2) is 40.8 Å². The molecule has 3 rings (SSSR count). The lowest BCUT2D eigenvalue weighted by atomic mass is 10.0. The van der Waals surface area contributed by atoms with E-state index in [1.165, 1.54) is 43.5 Å². The molecule has 0 aliphatic heterocycles. The average Bonchev–Trinajstić information content (AvgIpc) is 3.11. The number of amides is 1. The first-order valence-corrected chi connectivity index (χ1v) is 12.3. The van der Waals surface area contributed by atoms with Crippen molar-refractivity contribution in [3.63, 3.8) is 0 Å². The number of anilines is 1. The van der Waals surface area contributed by atoms with Crippen LogP contribution >= 0.6 is 0 Å². The number of nitrogens with zero attached hydrogens (tertiary/aromatic N) is 1. The van der Waals surface area contributed by atoms with Gasteiger partial charge in [0.2, 0.25) is 10.0 Å². The minimum atomic E-state index is -3.77. The quantitative estimate of drug-likeness (QED) is 0.341. The van der Waals surface area contributed by atoms with Crippen molar-refractivity contribution >= 4 is 38.7 Å². The van der Waals surface area contributed by atoms with E-state index in [9.17, 15) is 22.4 Å². The van der Waals surface area contributed by atoms with Crippen molar-refractivity contribution in [1.82, 2.24) is 0 Å². The van der Waals surface area contributed by atoms with Gasteiger partial charge < -0.3 is 24.4 Å². The molecule has 188 valence electrons. The number of primary amides is 1. The molecule has 0 radical (unpaired) electrons. The Hall–Kier alpha value is -3.64. The molecule has 0 aliphatic carbocycles. The van der Waals surface area contributed by atoms with Crippen molar-refractivity contribution < 1.29 is 41.0 Å². The van der Waals surface area contributed by atoms with Gasteiger partial charge in [-0.3, -0.25) is 4.31 Å². The number of rotatable bonds is 9. The van der Waals surface area contributed by atoms with E-state index in [4.69, 9.17) is 19.6 Å². The summed E-state index contributed by atoms with van der Waals surface area (Å²) in [6, 6.07) is 7.91. The minimum absolute atomic E-state index is 0.0165. The van der Waals surface area contributed by atoms with Gasteiger partial charge in [0, 0.05) is 24.1 Å². The maximum Gasteiger partial charge on any atom is 0.412 e. The Balaban J connectivity index is 2.34. The molecule has 0 saturated carbocycles. The predicted molar refractivity (Wildman–Crippen MR) is 126 cm³/mol. The van der Waals surface area contributed by atoms with Crippen LogP contribution in [0.2, 0.25) is 0 Å². The zero-order valence-corrected chi connectivity index (χ0v) is 20.3. The lowest BCUT2D eigenvalue weighted by molar-refractivity contribution is 0.0640. The predicted octanol–water partition coefficient (Wildman–Crippen LogP) is 3.67. The van der Waals surface area contributed by atoms with Gasteiger partial charge in [0.25, 0.3) is 0 Å². The number of benzene rings is 2. The fraction of sp³-hybridized carbons (Fsp3) is 0.304. The van der Waals surface area contributed by atoms with Crippen LogP contribution in [0.3, 0.4) is 0 Å². The number of sulfonamides is 1. The topological polar surface area (TPSA) is 138 Å². The Kier molecular flexibility index (Phi) is 7.66. The zero-order chi connectivity index (χ0) is 25.9. The second-order valence-corrected chi connectivity index (χ2v) is 9.74. The second kappa shape index (κ2) is 10.3. The van der Waals surface area contributed by atoms with Crippen LogP contribution in [-0.2, 0) is 19.5 Å². The number of esters is 1. The zero-order valence-electron chi connectivity index (χ0n) is 19.5. The summed E-state index contributed by atoms with van der Waals surface area (Å²) in [6.45, 7) is 3.57. The van der Waals surface area contributed by atoms with Crippen molar-refractivity contribution in [2.24, 2.45) is 5.73 Å². The molecule has 0 bridgehead atoms. The highest BCUT2D eigenvalue weighted by Crippen LogP contribution is 2.41. The van der Waals surface area contributed by atoms with Crippen LogP contribution in [0.25, 0.3) is 22.3 Å². The first-order valence-electron chi connectivity index (χ1n) is 10.4. The molecule has 1 heterocycles. The summed E-state index contributed by atoms with van der Waals surface area (Å²) in [5, 5.41) is 0.176. The van der Waals surface area contributed by atoms with E-state index in [1.54, 1.807) is 13.8 Å². The Morgan fingerprint density at radius 1 is 1.17 bits per heavy atom. The lowest BCUT2D eigenvalue weighted by Gasteiger charge is -2.25. The number of hydrogen-bond acceptors (Lipinski definition) is 8. The van der Waals surface area contributed by atoms with Crippen molar-refractivity contribution in [2.45, 2.75) is 20.0 Å². The minimum Gasteiger partial charge on any atom is -0.489 e. The monoisotopic (exact) mass is 508 g/mol. The Morgan fingerprint density at radius 2 is 1.83 bits per heavy atom. The van der Waals surface area contributed by atoms with Crippen LogP contribution in [0.5, 0.6) is 5.75 Å². The van der Waals surface area contributed by atoms with Gasteiger partial charge in [-0.2, -0.15) is 0 Å². The molecule has 3 aromatic rings. The number of methoxy groups -OCH3 is 1. The number of nitrogens with two attached hydrogens (primary N) is 1. The molecule has 0 atom stereocenters. The van der Waals surface area contributed by atoms with E-state index in [-0.39, 0.29) is 53.0 Å². The van der Waals surface area contributed by atoms with E-state index in [0.717, 1.165) is 10.6 Å². The van der Waals surface area contributed by atoms with Crippen molar-refractivity contribution in [3.05, 3.63) is 47.8 Å². The number of furan rings is 1. The second-order valence-electron chi connectivity index (χ2n) is 7.83. The van der Waals surface area contributed by atoms with Crippen molar-refractivity contribution in [1.29, 1.82) is 0 Å². The molecule has 12 heteroatoms. The molecule has 2 aromatic carbocycles. The molecule has 10 nitrogen and oxygen atoms in total. The number of hydrogen-bond donors (Lipinski definition) is 1. The number of fused-ring (bicyclic) bond motifs is 1. The Morgan fingerprint density at radius 3 is 2.37 bits per heavy atom. The van der Waals surface area contributed by atoms with Crippen LogP contribution in [-0.4, -0.2) is 53.1 Å². The smallest absolute Gasteiger partial charge is 0.412 e. The molecule has 35 heavy (non-hydrogen) atoms. The summed E-state index contributed by atoms with van der Waals surface area (Å²) in [7, 11) is -2.33. The van der Waals surface area contributed by atoms with Gasteiger partial charge in [0.05, 0.1) is 31.2 Å². The highest BCUT2D eigenvalue weighted by Gasteiger charge is 2.29. The highest BCUT2D eigenvalue weighted by molar-refractivity contribution is 7.92. The van der Waals surface area contributed by atoms with E-state index in [2.05, 4.69) is 4.74 Å². The number of carbonyl (C=O) groups excluding carboxylic acids is 2. The van der Waals surface area contributed by atoms with Crippen LogP contribution in [0.4, 0.5) is 14.9 Å².